The van der Waals surface area contributed by atoms with Crippen LogP contribution in [0.15, 0.2) is 43.0 Å². The lowest BCUT2D eigenvalue weighted by Crippen LogP contribution is -2.34. The number of hydrogen-bond donors (Lipinski definition) is 0. The molecule has 0 saturated carbocycles. The number of benzene rings is 1. The number of allylic oxidation sites excluding steroid dienone is 1. The number of halogens is 1. The Hall–Kier alpha value is -1.98. The van der Waals surface area contributed by atoms with Crippen molar-refractivity contribution in [3.8, 4) is 11.5 Å². The Bertz CT molecular complexity index is 729. The van der Waals surface area contributed by atoms with Crippen molar-refractivity contribution in [2.45, 2.75) is 19.9 Å². The third-order valence-electron chi connectivity index (χ3n) is 3.67. The molecule has 0 spiro atoms. The van der Waals surface area contributed by atoms with E-state index in [1.54, 1.807) is 12.0 Å². The molecule has 0 radical (unpaired) electrons. The van der Waals surface area contributed by atoms with E-state index in [9.17, 15) is 4.79 Å². The minimum absolute atomic E-state index is 0.0376. The van der Waals surface area contributed by atoms with Gasteiger partial charge in [0, 0.05) is 11.4 Å². The Kier molecular flexibility index (Phi) is 7.34. The van der Waals surface area contributed by atoms with Gasteiger partial charge in [-0.2, -0.15) is 0 Å². The molecule has 1 heterocycles. The minimum atomic E-state index is -0.0794. The molecular weight excluding hydrogens is 358 g/mol. The van der Waals surface area contributed by atoms with Crippen LogP contribution in [0.4, 0.5) is 0 Å². The van der Waals surface area contributed by atoms with E-state index in [-0.39, 0.29) is 12.5 Å². The van der Waals surface area contributed by atoms with Crippen LogP contribution in [-0.2, 0) is 17.8 Å². The summed E-state index contributed by atoms with van der Waals surface area (Å²) < 4.78 is 11.8. The summed E-state index contributed by atoms with van der Waals surface area (Å²) in [6, 6.07) is 9.43. The zero-order chi connectivity index (χ0) is 18.2. The van der Waals surface area contributed by atoms with Gasteiger partial charge in [-0.3, -0.25) is 4.79 Å². The number of likely N-dealkylation sites (N-methyl/N-ethyl adjacent to an activating group) is 1. The van der Waals surface area contributed by atoms with Crippen molar-refractivity contribution in [2.24, 2.45) is 0 Å². The summed E-state index contributed by atoms with van der Waals surface area (Å²) in [6.07, 6.45) is 2.58. The topological polar surface area (TPSA) is 38.8 Å². The molecule has 0 fully saturated rings. The predicted octanol–water partition coefficient (Wildman–Crippen LogP) is 4.57. The Labute approximate surface area is 157 Å². The first kappa shape index (κ1) is 19.3. The molecule has 25 heavy (non-hydrogen) atoms. The molecule has 0 aliphatic carbocycles. The second-order valence-corrected chi connectivity index (χ2v) is 7.18. The number of amides is 1. The van der Waals surface area contributed by atoms with Gasteiger partial charge in [0.15, 0.2) is 18.1 Å². The van der Waals surface area contributed by atoms with Crippen molar-refractivity contribution >= 4 is 28.8 Å². The van der Waals surface area contributed by atoms with Gasteiger partial charge in [-0.25, -0.2) is 0 Å². The first-order valence-corrected chi connectivity index (χ1v) is 9.19. The van der Waals surface area contributed by atoms with Crippen LogP contribution in [0.5, 0.6) is 11.5 Å². The number of nitrogens with zero attached hydrogens (tertiary/aromatic N) is 1. The van der Waals surface area contributed by atoms with E-state index in [2.05, 4.69) is 6.58 Å². The fourth-order valence-electron chi connectivity index (χ4n) is 2.36. The van der Waals surface area contributed by atoms with Crippen molar-refractivity contribution in [3.63, 3.8) is 0 Å². The molecule has 0 atom stereocenters. The molecular formula is C19H22ClNO3S. The molecule has 1 amide bonds. The highest BCUT2D eigenvalue weighted by Gasteiger charge is 2.15. The third-order valence-corrected chi connectivity index (χ3v) is 4.89. The van der Waals surface area contributed by atoms with Gasteiger partial charge in [0.25, 0.3) is 5.91 Å². The molecule has 2 aromatic rings. The molecule has 0 N–H and O–H groups in total. The van der Waals surface area contributed by atoms with Gasteiger partial charge >= 0.3 is 0 Å². The Morgan fingerprint density at radius 3 is 2.72 bits per heavy atom. The van der Waals surface area contributed by atoms with Crippen molar-refractivity contribution in [3.05, 3.63) is 57.8 Å². The Balaban J connectivity index is 1.98. The number of ether oxygens (including phenoxy) is 2. The first-order valence-electron chi connectivity index (χ1n) is 8.00. The number of methoxy groups -OCH3 is 1. The van der Waals surface area contributed by atoms with Crippen LogP contribution in [0.25, 0.3) is 0 Å². The Morgan fingerprint density at radius 2 is 2.12 bits per heavy atom. The largest absolute Gasteiger partial charge is 0.493 e. The predicted molar refractivity (Wildman–Crippen MR) is 103 cm³/mol. The smallest absolute Gasteiger partial charge is 0.260 e. The van der Waals surface area contributed by atoms with E-state index in [1.165, 1.54) is 11.3 Å². The number of carbonyl (C=O) groups is 1. The van der Waals surface area contributed by atoms with Gasteiger partial charge in [0.2, 0.25) is 0 Å². The molecule has 1 aromatic heterocycles. The monoisotopic (exact) mass is 379 g/mol. The van der Waals surface area contributed by atoms with Crippen molar-refractivity contribution in [1.29, 1.82) is 0 Å². The molecule has 0 aliphatic rings. The molecule has 4 nitrogen and oxygen atoms in total. The number of carbonyl (C=O) groups excluding carboxylic acids is 1. The second kappa shape index (κ2) is 9.49. The maximum absolute atomic E-state index is 12.4. The van der Waals surface area contributed by atoms with Crippen LogP contribution >= 0.6 is 22.9 Å². The van der Waals surface area contributed by atoms with Gasteiger partial charge in [-0.1, -0.05) is 23.7 Å². The summed E-state index contributed by atoms with van der Waals surface area (Å²) in [7, 11) is 1.58. The summed E-state index contributed by atoms with van der Waals surface area (Å²) in [5.41, 5.74) is 1.08. The molecule has 134 valence electrons. The number of rotatable bonds is 9. The lowest BCUT2D eigenvalue weighted by Gasteiger charge is -2.20. The van der Waals surface area contributed by atoms with Gasteiger partial charge in [-0.05, 0) is 43.2 Å². The first-order chi connectivity index (χ1) is 12.1. The highest BCUT2D eigenvalue weighted by Crippen LogP contribution is 2.28. The number of thiophene rings is 1. The SMILES string of the molecule is C=CCc1ccc(OCC(=O)N(CC)Cc2ccc(Cl)s2)c(OC)c1. The van der Waals surface area contributed by atoms with E-state index in [0.29, 0.717) is 24.6 Å². The van der Waals surface area contributed by atoms with Crippen LogP contribution in [0.2, 0.25) is 4.34 Å². The summed E-state index contributed by atoms with van der Waals surface area (Å²) in [4.78, 5) is 15.2. The molecule has 6 heteroatoms. The standard InChI is InChI=1S/C19H22ClNO3S/c1-4-6-14-7-9-16(17(11-14)23-3)24-13-19(22)21(5-2)12-15-8-10-18(20)25-15/h4,7-11H,1,5-6,12-13H2,2-3H3. The quantitative estimate of drug-likeness (QED) is 0.599. The average Bonchev–Trinajstić information content (AvgIpc) is 3.03. The summed E-state index contributed by atoms with van der Waals surface area (Å²) in [5.74, 6) is 1.09. The fourth-order valence-corrected chi connectivity index (χ4v) is 3.46. The molecule has 0 bridgehead atoms. The minimum Gasteiger partial charge on any atom is -0.493 e. The zero-order valence-corrected chi connectivity index (χ0v) is 16.0. The lowest BCUT2D eigenvalue weighted by molar-refractivity contribution is -0.133. The molecule has 0 aliphatic heterocycles. The lowest BCUT2D eigenvalue weighted by atomic mass is 10.1. The van der Waals surface area contributed by atoms with Gasteiger partial charge in [0.05, 0.1) is 18.0 Å². The maximum atomic E-state index is 12.4. The van der Waals surface area contributed by atoms with E-state index in [0.717, 1.165) is 21.2 Å². The highest BCUT2D eigenvalue weighted by molar-refractivity contribution is 7.16. The van der Waals surface area contributed by atoms with E-state index in [1.807, 2.05) is 43.3 Å². The average molecular weight is 380 g/mol. The normalized spacial score (nSPS) is 10.4. The van der Waals surface area contributed by atoms with E-state index >= 15 is 0 Å². The van der Waals surface area contributed by atoms with Crippen LogP contribution in [0.3, 0.4) is 0 Å². The van der Waals surface area contributed by atoms with Gasteiger partial charge in [0.1, 0.15) is 0 Å². The van der Waals surface area contributed by atoms with Crippen LogP contribution in [0.1, 0.15) is 17.4 Å². The summed E-state index contributed by atoms with van der Waals surface area (Å²) in [5, 5.41) is 0. The van der Waals surface area contributed by atoms with Crippen LogP contribution < -0.4 is 9.47 Å². The van der Waals surface area contributed by atoms with E-state index in [4.69, 9.17) is 21.1 Å². The summed E-state index contributed by atoms with van der Waals surface area (Å²) >= 11 is 7.42. The highest BCUT2D eigenvalue weighted by atomic mass is 35.5. The molecule has 2 rings (SSSR count). The van der Waals surface area contributed by atoms with Gasteiger partial charge < -0.3 is 14.4 Å². The molecule has 1 aromatic carbocycles. The van der Waals surface area contributed by atoms with Gasteiger partial charge in [-0.15, -0.1) is 17.9 Å². The second-order valence-electron chi connectivity index (χ2n) is 5.38. The summed E-state index contributed by atoms with van der Waals surface area (Å²) in [6.45, 7) is 6.77. The third kappa shape index (κ3) is 5.51. The van der Waals surface area contributed by atoms with Crippen LogP contribution in [-0.4, -0.2) is 31.1 Å². The van der Waals surface area contributed by atoms with E-state index < -0.39 is 0 Å². The zero-order valence-electron chi connectivity index (χ0n) is 14.5. The fraction of sp³-hybridized carbons (Fsp3) is 0.316. The van der Waals surface area contributed by atoms with Crippen LogP contribution in [0, 0.1) is 0 Å². The molecule has 0 unspecified atom stereocenters. The van der Waals surface area contributed by atoms with Crippen molar-refractivity contribution in [1.82, 2.24) is 4.90 Å². The van der Waals surface area contributed by atoms with Crippen molar-refractivity contribution < 1.29 is 14.3 Å². The molecule has 0 saturated heterocycles. The van der Waals surface area contributed by atoms with Crippen molar-refractivity contribution in [2.75, 3.05) is 20.3 Å². The Morgan fingerprint density at radius 1 is 1.32 bits per heavy atom. The maximum Gasteiger partial charge on any atom is 0.260 e. The number of hydrogen-bond acceptors (Lipinski definition) is 4.